The number of rotatable bonds is 6. The van der Waals surface area contributed by atoms with Crippen LogP contribution in [0.3, 0.4) is 0 Å². The molecule has 0 fully saturated rings. The van der Waals surface area contributed by atoms with Crippen LogP contribution in [0.4, 0.5) is 4.39 Å². The van der Waals surface area contributed by atoms with Crippen LogP contribution >= 0.6 is 0 Å². The first-order valence-electron chi connectivity index (χ1n) is 4.60. The second kappa shape index (κ2) is 6.27. The van der Waals surface area contributed by atoms with Crippen molar-refractivity contribution in [2.45, 2.75) is 0 Å². The van der Waals surface area contributed by atoms with Gasteiger partial charge in [0.15, 0.2) is 5.78 Å². The van der Waals surface area contributed by atoms with Crippen molar-refractivity contribution in [1.29, 1.82) is 0 Å². The lowest BCUT2D eigenvalue weighted by Gasteiger charge is -2.03. The van der Waals surface area contributed by atoms with Crippen LogP contribution in [-0.4, -0.2) is 32.7 Å². The largest absolute Gasteiger partial charge is 0.382 e. The summed E-state index contributed by atoms with van der Waals surface area (Å²) in [5.41, 5.74) is 0.0647. The summed E-state index contributed by atoms with van der Waals surface area (Å²) in [6, 6.07) is 5.85. The van der Waals surface area contributed by atoms with E-state index in [1.54, 1.807) is 13.2 Å². The molecule has 0 N–H and O–H groups in total. The maximum absolute atomic E-state index is 13.1. The third-order valence-electron chi connectivity index (χ3n) is 1.84. The molecule has 0 spiro atoms. The summed E-state index contributed by atoms with van der Waals surface area (Å²) in [5.74, 6) is -0.873. The predicted octanol–water partition coefficient (Wildman–Crippen LogP) is 1.67. The maximum atomic E-state index is 13.1. The van der Waals surface area contributed by atoms with Crippen molar-refractivity contribution in [3.8, 4) is 0 Å². The lowest BCUT2D eigenvalue weighted by Crippen LogP contribution is -2.13. The molecule has 0 bridgehead atoms. The second-order valence-corrected chi connectivity index (χ2v) is 2.95. The van der Waals surface area contributed by atoms with Crippen LogP contribution in [0.1, 0.15) is 10.4 Å². The highest BCUT2D eigenvalue weighted by Crippen LogP contribution is 2.07. The predicted molar refractivity (Wildman–Crippen MR) is 53.4 cm³/mol. The highest BCUT2D eigenvalue weighted by Gasteiger charge is 2.10. The standard InChI is InChI=1S/C11H13FO3/c1-14-6-7-15-8-11(13)9-4-2-3-5-10(9)12/h2-5H,6-8H2,1H3. The van der Waals surface area contributed by atoms with E-state index in [0.29, 0.717) is 13.2 Å². The minimum absolute atomic E-state index is 0.0647. The Morgan fingerprint density at radius 1 is 1.33 bits per heavy atom. The minimum atomic E-state index is -0.516. The van der Waals surface area contributed by atoms with Gasteiger partial charge in [-0.3, -0.25) is 4.79 Å². The Labute approximate surface area is 87.8 Å². The van der Waals surface area contributed by atoms with E-state index in [4.69, 9.17) is 9.47 Å². The summed E-state index contributed by atoms with van der Waals surface area (Å²) in [4.78, 5) is 11.4. The van der Waals surface area contributed by atoms with Crippen LogP contribution in [0.2, 0.25) is 0 Å². The van der Waals surface area contributed by atoms with Crippen LogP contribution in [0.15, 0.2) is 24.3 Å². The summed E-state index contributed by atoms with van der Waals surface area (Å²) in [5, 5.41) is 0. The first-order valence-corrected chi connectivity index (χ1v) is 4.60. The molecule has 0 heterocycles. The van der Waals surface area contributed by atoms with Gasteiger partial charge in [-0.2, -0.15) is 0 Å². The van der Waals surface area contributed by atoms with Gasteiger partial charge >= 0.3 is 0 Å². The van der Waals surface area contributed by atoms with Gasteiger partial charge in [-0.25, -0.2) is 4.39 Å². The average Bonchev–Trinajstić information content (AvgIpc) is 2.25. The molecule has 0 amide bonds. The lowest BCUT2D eigenvalue weighted by molar-refractivity contribution is 0.0574. The zero-order valence-electron chi connectivity index (χ0n) is 8.53. The molecule has 1 rings (SSSR count). The van der Waals surface area contributed by atoms with E-state index in [1.807, 2.05) is 0 Å². The monoisotopic (exact) mass is 212 g/mol. The Morgan fingerprint density at radius 3 is 2.73 bits per heavy atom. The number of methoxy groups -OCH3 is 1. The van der Waals surface area contributed by atoms with E-state index < -0.39 is 5.82 Å². The molecule has 0 aliphatic carbocycles. The van der Waals surface area contributed by atoms with E-state index in [-0.39, 0.29) is 18.0 Å². The van der Waals surface area contributed by atoms with Gasteiger partial charge in [-0.1, -0.05) is 12.1 Å². The molecule has 3 nitrogen and oxygen atoms in total. The molecule has 0 radical (unpaired) electrons. The number of ketones is 1. The molecule has 0 unspecified atom stereocenters. The molecule has 82 valence electrons. The molecular weight excluding hydrogens is 199 g/mol. The smallest absolute Gasteiger partial charge is 0.191 e. The van der Waals surface area contributed by atoms with Gasteiger partial charge in [0.2, 0.25) is 0 Å². The zero-order valence-corrected chi connectivity index (χ0v) is 8.53. The topological polar surface area (TPSA) is 35.5 Å². The third-order valence-corrected chi connectivity index (χ3v) is 1.84. The fraction of sp³-hybridized carbons (Fsp3) is 0.364. The molecule has 1 aromatic carbocycles. The molecular formula is C11H13FO3. The Kier molecular flexibility index (Phi) is 4.93. The van der Waals surface area contributed by atoms with Gasteiger partial charge in [-0.05, 0) is 12.1 Å². The number of hydrogen-bond donors (Lipinski definition) is 0. The number of benzene rings is 1. The van der Waals surface area contributed by atoms with E-state index in [1.165, 1.54) is 18.2 Å². The lowest BCUT2D eigenvalue weighted by atomic mass is 10.1. The molecule has 4 heteroatoms. The quantitative estimate of drug-likeness (QED) is 0.531. The summed E-state index contributed by atoms with van der Waals surface area (Å²) >= 11 is 0. The van der Waals surface area contributed by atoms with Gasteiger partial charge in [-0.15, -0.1) is 0 Å². The van der Waals surface area contributed by atoms with Crippen molar-refractivity contribution < 1.29 is 18.7 Å². The van der Waals surface area contributed by atoms with Crippen LogP contribution in [0.5, 0.6) is 0 Å². The number of carbonyl (C=O) groups excluding carboxylic acids is 1. The van der Waals surface area contributed by atoms with E-state index in [2.05, 4.69) is 0 Å². The zero-order chi connectivity index (χ0) is 11.1. The normalized spacial score (nSPS) is 10.3. The third kappa shape index (κ3) is 3.77. The Morgan fingerprint density at radius 2 is 2.07 bits per heavy atom. The average molecular weight is 212 g/mol. The van der Waals surface area contributed by atoms with E-state index >= 15 is 0 Å². The molecule has 0 aliphatic heterocycles. The SMILES string of the molecule is COCCOCC(=O)c1ccccc1F. The molecule has 15 heavy (non-hydrogen) atoms. The van der Waals surface area contributed by atoms with Crippen LogP contribution in [-0.2, 0) is 9.47 Å². The number of hydrogen-bond acceptors (Lipinski definition) is 3. The summed E-state index contributed by atoms with van der Waals surface area (Å²) < 4.78 is 22.9. The first kappa shape index (κ1) is 11.8. The number of halogens is 1. The molecule has 0 saturated heterocycles. The molecule has 0 saturated carbocycles. The van der Waals surface area contributed by atoms with Crippen LogP contribution in [0.25, 0.3) is 0 Å². The second-order valence-electron chi connectivity index (χ2n) is 2.95. The number of carbonyl (C=O) groups is 1. The first-order chi connectivity index (χ1) is 7.25. The Bertz CT molecular complexity index is 325. The van der Waals surface area contributed by atoms with Gasteiger partial charge in [0.25, 0.3) is 0 Å². The van der Waals surface area contributed by atoms with Gasteiger partial charge in [0.05, 0.1) is 18.8 Å². The number of Topliss-reactive ketones (excluding diaryl/α,β-unsaturated/α-hetero) is 1. The summed E-state index contributed by atoms with van der Waals surface area (Å²) in [7, 11) is 1.54. The Balaban J connectivity index is 2.44. The van der Waals surface area contributed by atoms with Gasteiger partial charge in [0, 0.05) is 7.11 Å². The molecule has 1 aromatic rings. The van der Waals surface area contributed by atoms with Crippen LogP contribution < -0.4 is 0 Å². The van der Waals surface area contributed by atoms with Crippen molar-refractivity contribution in [3.05, 3.63) is 35.6 Å². The highest BCUT2D eigenvalue weighted by molar-refractivity contribution is 5.97. The summed E-state index contributed by atoms with van der Waals surface area (Å²) in [6.07, 6.45) is 0. The van der Waals surface area contributed by atoms with Crippen molar-refractivity contribution >= 4 is 5.78 Å². The van der Waals surface area contributed by atoms with Crippen molar-refractivity contribution in [1.82, 2.24) is 0 Å². The molecule has 0 atom stereocenters. The fourth-order valence-corrected chi connectivity index (χ4v) is 1.07. The summed E-state index contributed by atoms with van der Waals surface area (Å²) in [6.45, 7) is 0.630. The van der Waals surface area contributed by atoms with Crippen molar-refractivity contribution in [2.24, 2.45) is 0 Å². The van der Waals surface area contributed by atoms with Gasteiger partial charge in [0.1, 0.15) is 12.4 Å². The van der Waals surface area contributed by atoms with E-state index in [0.717, 1.165) is 0 Å². The van der Waals surface area contributed by atoms with Crippen molar-refractivity contribution in [2.75, 3.05) is 26.9 Å². The van der Waals surface area contributed by atoms with Gasteiger partial charge < -0.3 is 9.47 Å². The number of ether oxygens (including phenoxy) is 2. The Hall–Kier alpha value is -1.26. The minimum Gasteiger partial charge on any atom is -0.382 e. The molecule has 0 aliphatic rings. The fourth-order valence-electron chi connectivity index (χ4n) is 1.07. The highest BCUT2D eigenvalue weighted by atomic mass is 19.1. The molecule has 0 aromatic heterocycles. The maximum Gasteiger partial charge on any atom is 0.191 e. The van der Waals surface area contributed by atoms with Crippen molar-refractivity contribution in [3.63, 3.8) is 0 Å². The van der Waals surface area contributed by atoms with Crippen LogP contribution in [0, 0.1) is 5.82 Å². The van der Waals surface area contributed by atoms with E-state index in [9.17, 15) is 9.18 Å².